The highest BCUT2D eigenvalue weighted by atomic mass is 35.5. The second-order valence-corrected chi connectivity index (χ2v) is 7.68. The quantitative estimate of drug-likeness (QED) is 0.577. The zero-order valence-electron chi connectivity index (χ0n) is 16.0. The molecular formula is C21H21Cl2N3O3. The summed E-state index contributed by atoms with van der Waals surface area (Å²) in [6.45, 7) is 2.35. The van der Waals surface area contributed by atoms with Crippen LogP contribution in [0.1, 0.15) is 17.0 Å². The molecule has 4 rings (SSSR count). The number of methoxy groups -OCH3 is 1. The molecule has 6 nitrogen and oxygen atoms in total. The van der Waals surface area contributed by atoms with Crippen LogP contribution in [0.3, 0.4) is 0 Å². The summed E-state index contributed by atoms with van der Waals surface area (Å²) < 4.78 is 17.9. The van der Waals surface area contributed by atoms with Crippen LogP contribution >= 0.6 is 23.2 Å². The number of nitrogens with zero attached hydrogens (tertiary/aromatic N) is 1. The first kappa shape index (κ1) is 20.0. The van der Waals surface area contributed by atoms with Gasteiger partial charge in [0, 0.05) is 28.7 Å². The number of anilines is 1. The van der Waals surface area contributed by atoms with Crippen LogP contribution in [0.15, 0.2) is 48.8 Å². The SMILES string of the molecule is COc1ccc(NC2COC(Cc3ncc[nH]3)(c3ccc(Cl)cc3Cl)O2)c(C)c1. The number of aryl methyl sites for hydroxylation is 1. The van der Waals surface area contributed by atoms with E-state index in [0.717, 1.165) is 22.8 Å². The first-order chi connectivity index (χ1) is 14.0. The van der Waals surface area contributed by atoms with E-state index in [0.29, 0.717) is 28.6 Å². The number of nitrogens with one attached hydrogen (secondary N) is 2. The number of halogens is 2. The molecule has 0 aliphatic carbocycles. The number of imidazole rings is 1. The number of hydrogen-bond donors (Lipinski definition) is 2. The highest BCUT2D eigenvalue weighted by Crippen LogP contribution is 2.41. The van der Waals surface area contributed by atoms with Crippen LogP contribution < -0.4 is 10.1 Å². The Morgan fingerprint density at radius 3 is 2.83 bits per heavy atom. The minimum Gasteiger partial charge on any atom is -0.497 e. The van der Waals surface area contributed by atoms with Crippen molar-refractivity contribution in [1.29, 1.82) is 0 Å². The van der Waals surface area contributed by atoms with Gasteiger partial charge < -0.3 is 24.5 Å². The number of benzene rings is 2. The Kier molecular flexibility index (Phi) is 5.69. The van der Waals surface area contributed by atoms with E-state index in [2.05, 4.69) is 15.3 Å². The molecule has 1 aliphatic rings. The van der Waals surface area contributed by atoms with Gasteiger partial charge in [0.05, 0.1) is 25.2 Å². The van der Waals surface area contributed by atoms with Crippen LogP contribution in [-0.4, -0.2) is 29.9 Å². The average molecular weight is 434 g/mol. The zero-order chi connectivity index (χ0) is 20.4. The minimum atomic E-state index is -1.09. The van der Waals surface area contributed by atoms with Crippen LogP contribution in [0.2, 0.25) is 10.0 Å². The summed E-state index contributed by atoms with van der Waals surface area (Å²) in [5, 5.41) is 4.42. The molecule has 1 fully saturated rings. The van der Waals surface area contributed by atoms with E-state index in [4.69, 9.17) is 37.4 Å². The molecule has 2 atom stereocenters. The van der Waals surface area contributed by atoms with Gasteiger partial charge in [0.1, 0.15) is 11.6 Å². The van der Waals surface area contributed by atoms with E-state index in [1.165, 1.54) is 0 Å². The molecular weight excluding hydrogens is 413 g/mol. The van der Waals surface area contributed by atoms with Gasteiger partial charge in [-0.05, 0) is 42.8 Å². The summed E-state index contributed by atoms with van der Waals surface area (Å²) >= 11 is 12.6. The molecule has 0 bridgehead atoms. The number of aromatic nitrogens is 2. The second-order valence-electron chi connectivity index (χ2n) is 6.83. The van der Waals surface area contributed by atoms with E-state index >= 15 is 0 Å². The predicted octanol–water partition coefficient (Wildman–Crippen LogP) is 4.91. The smallest absolute Gasteiger partial charge is 0.205 e. The molecule has 152 valence electrons. The highest BCUT2D eigenvalue weighted by Gasteiger charge is 2.45. The summed E-state index contributed by atoms with van der Waals surface area (Å²) in [6, 6.07) is 11.1. The first-order valence-electron chi connectivity index (χ1n) is 9.16. The molecule has 8 heteroatoms. The Bertz CT molecular complexity index is 997. The lowest BCUT2D eigenvalue weighted by Gasteiger charge is -2.29. The van der Waals surface area contributed by atoms with E-state index in [1.807, 2.05) is 31.2 Å². The monoisotopic (exact) mass is 433 g/mol. The fraction of sp³-hybridized carbons (Fsp3) is 0.286. The van der Waals surface area contributed by atoms with Crippen LogP contribution in [-0.2, 0) is 21.7 Å². The van der Waals surface area contributed by atoms with E-state index < -0.39 is 5.79 Å². The van der Waals surface area contributed by atoms with Crippen molar-refractivity contribution in [2.24, 2.45) is 0 Å². The van der Waals surface area contributed by atoms with Crippen LogP contribution in [0.25, 0.3) is 0 Å². The van der Waals surface area contributed by atoms with Crippen molar-refractivity contribution < 1.29 is 14.2 Å². The molecule has 1 aromatic heterocycles. The Morgan fingerprint density at radius 2 is 2.14 bits per heavy atom. The molecule has 0 radical (unpaired) electrons. The maximum absolute atomic E-state index is 6.50. The van der Waals surface area contributed by atoms with Gasteiger partial charge in [0.15, 0.2) is 6.23 Å². The third kappa shape index (κ3) is 4.21. The summed E-state index contributed by atoms with van der Waals surface area (Å²) in [5.41, 5.74) is 2.69. The standard InChI is InChI=1S/C21H21Cl2N3O3/c1-13-9-15(27-2)4-6-18(13)26-20-12-28-21(29-20,11-19-24-7-8-25-19)16-5-3-14(22)10-17(16)23/h3-10,20,26H,11-12H2,1-2H3,(H,24,25). The van der Waals surface area contributed by atoms with Gasteiger partial charge in [-0.3, -0.25) is 0 Å². The van der Waals surface area contributed by atoms with E-state index in [9.17, 15) is 0 Å². The fourth-order valence-corrected chi connectivity index (χ4v) is 3.97. The fourth-order valence-electron chi connectivity index (χ4n) is 3.42. The predicted molar refractivity (Wildman–Crippen MR) is 113 cm³/mol. The number of rotatable bonds is 6. The van der Waals surface area contributed by atoms with Gasteiger partial charge in [-0.2, -0.15) is 0 Å². The molecule has 2 unspecified atom stereocenters. The van der Waals surface area contributed by atoms with Crippen LogP contribution in [0, 0.1) is 6.92 Å². The molecule has 0 amide bonds. The van der Waals surface area contributed by atoms with Gasteiger partial charge in [-0.1, -0.05) is 29.3 Å². The summed E-state index contributed by atoms with van der Waals surface area (Å²) in [5.74, 6) is 0.450. The zero-order valence-corrected chi connectivity index (χ0v) is 17.6. The normalized spacial score (nSPS) is 21.3. The maximum atomic E-state index is 6.50. The lowest BCUT2D eigenvalue weighted by molar-refractivity contribution is -0.174. The third-order valence-corrected chi connectivity index (χ3v) is 5.39. The molecule has 29 heavy (non-hydrogen) atoms. The Hall–Kier alpha value is -2.25. The summed E-state index contributed by atoms with van der Waals surface area (Å²) in [4.78, 5) is 7.42. The third-order valence-electron chi connectivity index (χ3n) is 4.85. The highest BCUT2D eigenvalue weighted by molar-refractivity contribution is 6.35. The summed E-state index contributed by atoms with van der Waals surface area (Å²) in [6.07, 6.45) is 3.46. The van der Waals surface area contributed by atoms with Gasteiger partial charge in [-0.25, -0.2) is 4.98 Å². The van der Waals surface area contributed by atoms with Gasteiger partial charge >= 0.3 is 0 Å². The molecule has 2 aromatic carbocycles. The first-order valence-corrected chi connectivity index (χ1v) is 9.91. The van der Waals surface area contributed by atoms with E-state index in [1.54, 1.807) is 31.6 Å². The molecule has 2 N–H and O–H groups in total. The molecule has 1 saturated heterocycles. The molecule has 2 heterocycles. The molecule has 0 saturated carbocycles. The average Bonchev–Trinajstić information content (AvgIpc) is 3.34. The molecule has 1 aliphatic heterocycles. The van der Waals surface area contributed by atoms with Crippen molar-refractivity contribution in [3.05, 3.63) is 75.8 Å². The number of ether oxygens (including phenoxy) is 3. The Morgan fingerprint density at radius 1 is 1.28 bits per heavy atom. The van der Waals surface area contributed by atoms with Crippen molar-refractivity contribution in [2.75, 3.05) is 19.0 Å². The van der Waals surface area contributed by atoms with Crippen molar-refractivity contribution in [1.82, 2.24) is 9.97 Å². The van der Waals surface area contributed by atoms with Gasteiger partial charge in [-0.15, -0.1) is 0 Å². The molecule has 0 spiro atoms. The van der Waals surface area contributed by atoms with Gasteiger partial charge in [0.2, 0.25) is 5.79 Å². The number of hydrogen-bond acceptors (Lipinski definition) is 5. The largest absolute Gasteiger partial charge is 0.497 e. The van der Waals surface area contributed by atoms with Crippen molar-refractivity contribution in [2.45, 2.75) is 25.4 Å². The lowest BCUT2D eigenvalue weighted by Crippen LogP contribution is -2.33. The van der Waals surface area contributed by atoms with Crippen molar-refractivity contribution >= 4 is 28.9 Å². The molecule has 3 aromatic rings. The topological polar surface area (TPSA) is 68.4 Å². The second kappa shape index (κ2) is 8.24. The van der Waals surface area contributed by atoms with E-state index in [-0.39, 0.29) is 6.23 Å². The van der Waals surface area contributed by atoms with Crippen molar-refractivity contribution in [3.8, 4) is 5.75 Å². The van der Waals surface area contributed by atoms with Crippen LogP contribution in [0.4, 0.5) is 5.69 Å². The Labute approximate surface area is 179 Å². The number of H-pyrrole nitrogens is 1. The lowest BCUT2D eigenvalue weighted by atomic mass is 10.0. The minimum absolute atomic E-state index is 0.338. The Balaban J connectivity index is 1.61. The van der Waals surface area contributed by atoms with Crippen LogP contribution in [0.5, 0.6) is 5.75 Å². The summed E-state index contributed by atoms with van der Waals surface area (Å²) in [7, 11) is 1.65. The number of aromatic amines is 1. The maximum Gasteiger partial charge on any atom is 0.205 e. The van der Waals surface area contributed by atoms with Gasteiger partial charge in [0.25, 0.3) is 0 Å². The van der Waals surface area contributed by atoms with Crippen molar-refractivity contribution in [3.63, 3.8) is 0 Å².